The van der Waals surface area contributed by atoms with Crippen LogP contribution in [0.2, 0.25) is 0 Å². The maximum absolute atomic E-state index is 11.5. The molecule has 5 nitrogen and oxygen atoms in total. The number of hydrogen-bond donors (Lipinski definition) is 1. The Kier molecular flexibility index (Phi) is 5.48. The highest BCUT2D eigenvalue weighted by molar-refractivity contribution is 7.90. The zero-order valence-corrected chi connectivity index (χ0v) is 17.4. The summed E-state index contributed by atoms with van der Waals surface area (Å²) in [6.45, 7) is 3.43. The summed E-state index contributed by atoms with van der Waals surface area (Å²) in [4.78, 5) is 7.47. The van der Waals surface area contributed by atoms with Crippen molar-refractivity contribution >= 4 is 32.0 Å². The SMILES string of the molecule is CS(=O)(=O)c1ccc(Nc2nc(-c3ccc(CN4CCCC4)cc3)cs2)cc1. The molecule has 7 heteroatoms. The highest BCUT2D eigenvalue weighted by atomic mass is 32.2. The summed E-state index contributed by atoms with van der Waals surface area (Å²) in [5.41, 5.74) is 4.19. The average molecular weight is 414 g/mol. The molecule has 0 aliphatic carbocycles. The number of thiazole rings is 1. The molecule has 0 bridgehead atoms. The molecule has 4 rings (SSSR count). The first-order valence-electron chi connectivity index (χ1n) is 9.32. The van der Waals surface area contributed by atoms with Crippen LogP contribution in [0.1, 0.15) is 18.4 Å². The van der Waals surface area contributed by atoms with Crippen molar-refractivity contribution in [1.29, 1.82) is 0 Å². The molecule has 3 aromatic rings. The monoisotopic (exact) mass is 413 g/mol. The Balaban J connectivity index is 1.42. The van der Waals surface area contributed by atoms with Gasteiger partial charge in [0.1, 0.15) is 0 Å². The second kappa shape index (κ2) is 8.03. The Morgan fingerprint density at radius 2 is 1.71 bits per heavy atom. The zero-order chi connectivity index (χ0) is 19.6. The number of anilines is 2. The first-order chi connectivity index (χ1) is 13.5. The average Bonchev–Trinajstić information content (AvgIpc) is 3.34. The van der Waals surface area contributed by atoms with Crippen molar-refractivity contribution < 1.29 is 8.42 Å². The lowest BCUT2D eigenvalue weighted by Crippen LogP contribution is -2.18. The lowest BCUT2D eigenvalue weighted by atomic mass is 10.1. The van der Waals surface area contributed by atoms with Crippen molar-refractivity contribution in [3.63, 3.8) is 0 Å². The van der Waals surface area contributed by atoms with Gasteiger partial charge >= 0.3 is 0 Å². The van der Waals surface area contributed by atoms with Crippen LogP contribution in [0, 0.1) is 0 Å². The molecule has 0 unspecified atom stereocenters. The van der Waals surface area contributed by atoms with E-state index in [1.165, 1.54) is 49.1 Å². The Morgan fingerprint density at radius 3 is 2.36 bits per heavy atom. The molecule has 28 heavy (non-hydrogen) atoms. The van der Waals surface area contributed by atoms with E-state index in [2.05, 4.69) is 39.5 Å². The normalized spacial score (nSPS) is 15.0. The number of hydrogen-bond acceptors (Lipinski definition) is 6. The van der Waals surface area contributed by atoms with E-state index in [4.69, 9.17) is 0 Å². The Labute approximate surface area is 170 Å². The molecule has 0 radical (unpaired) electrons. The first-order valence-corrected chi connectivity index (χ1v) is 12.1. The maximum atomic E-state index is 11.5. The van der Waals surface area contributed by atoms with Gasteiger partial charge in [-0.15, -0.1) is 11.3 Å². The van der Waals surface area contributed by atoms with E-state index in [1.54, 1.807) is 24.3 Å². The first kappa shape index (κ1) is 19.1. The van der Waals surface area contributed by atoms with Crippen molar-refractivity contribution in [3.8, 4) is 11.3 Å². The molecule has 146 valence electrons. The molecule has 0 spiro atoms. The van der Waals surface area contributed by atoms with Gasteiger partial charge in [0, 0.05) is 29.4 Å². The molecule has 1 aliphatic heterocycles. The zero-order valence-electron chi connectivity index (χ0n) is 15.8. The van der Waals surface area contributed by atoms with Crippen LogP contribution in [0.25, 0.3) is 11.3 Å². The molecule has 1 saturated heterocycles. The minimum absolute atomic E-state index is 0.312. The lowest BCUT2D eigenvalue weighted by molar-refractivity contribution is 0.331. The number of nitrogens with one attached hydrogen (secondary N) is 1. The smallest absolute Gasteiger partial charge is 0.187 e. The van der Waals surface area contributed by atoms with Crippen LogP contribution in [0.5, 0.6) is 0 Å². The fraction of sp³-hybridized carbons (Fsp3) is 0.286. The van der Waals surface area contributed by atoms with Crippen LogP contribution in [0.3, 0.4) is 0 Å². The second-order valence-corrected chi connectivity index (χ2v) is 10.0. The van der Waals surface area contributed by atoms with E-state index >= 15 is 0 Å². The van der Waals surface area contributed by atoms with Crippen molar-refractivity contribution in [3.05, 3.63) is 59.5 Å². The van der Waals surface area contributed by atoms with Crippen molar-refractivity contribution in [2.75, 3.05) is 24.7 Å². The molecule has 2 aromatic carbocycles. The van der Waals surface area contributed by atoms with Crippen molar-refractivity contribution in [1.82, 2.24) is 9.88 Å². The van der Waals surface area contributed by atoms with E-state index in [0.29, 0.717) is 4.90 Å². The maximum Gasteiger partial charge on any atom is 0.187 e. The summed E-state index contributed by atoms with van der Waals surface area (Å²) in [7, 11) is -3.18. The molecule has 1 aromatic heterocycles. The summed E-state index contributed by atoms with van der Waals surface area (Å²) >= 11 is 1.53. The van der Waals surface area contributed by atoms with E-state index < -0.39 is 9.84 Å². The number of sulfone groups is 1. The van der Waals surface area contributed by atoms with Crippen LogP contribution >= 0.6 is 11.3 Å². The van der Waals surface area contributed by atoms with Gasteiger partial charge in [-0.3, -0.25) is 4.90 Å². The van der Waals surface area contributed by atoms with Crippen LogP contribution in [-0.4, -0.2) is 37.6 Å². The van der Waals surface area contributed by atoms with Crippen LogP contribution in [0.4, 0.5) is 10.8 Å². The Bertz CT molecular complexity index is 1040. The highest BCUT2D eigenvalue weighted by Gasteiger charge is 2.12. The molecule has 0 saturated carbocycles. The van der Waals surface area contributed by atoms with Gasteiger partial charge in [0.05, 0.1) is 10.6 Å². The molecule has 1 N–H and O–H groups in total. The third-order valence-electron chi connectivity index (χ3n) is 4.89. The topological polar surface area (TPSA) is 62.3 Å². The second-order valence-electron chi connectivity index (χ2n) is 7.14. The molecule has 2 heterocycles. The van der Waals surface area contributed by atoms with Crippen molar-refractivity contribution in [2.24, 2.45) is 0 Å². The van der Waals surface area contributed by atoms with Gasteiger partial charge in [0.15, 0.2) is 15.0 Å². The number of benzene rings is 2. The van der Waals surface area contributed by atoms with E-state index in [0.717, 1.165) is 28.6 Å². The van der Waals surface area contributed by atoms with Crippen LogP contribution < -0.4 is 5.32 Å². The van der Waals surface area contributed by atoms with Gasteiger partial charge in [0.2, 0.25) is 0 Å². The summed E-state index contributed by atoms with van der Waals surface area (Å²) in [5.74, 6) is 0. The minimum Gasteiger partial charge on any atom is -0.332 e. The van der Waals surface area contributed by atoms with Gasteiger partial charge in [0.25, 0.3) is 0 Å². The molecule has 1 aliphatic rings. The summed E-state index contributed by atoms with van der Waals surface area (Å²) in [5, 5.41) is 6.05. The van der Waals surface area contributed by atoms with Crippen molar-refractivity contribution in [2.45, 2.75) is 24.3 Å². The van der Waals surface area contributed by atoms with E-state index in [-0.39, 0.29) is 0 Å². The molecule has 1 fully saturated rings. The predicted octanol–water partition coefficient (Wildman–Crippen LogP) is 4.55. The van der Waals surface area contributed by atoms with Gasteiger partial charge in [-0.2, -0.15) is 0 Å². The molecule has 0 amide bonds. The standard InChI is InChI=1S/C21H23N3O2S2/c1-28(25,26)19-10-8-18(9-11-19)22-21-23-20(15-27-21)17-6-4-16(5-7-17)14-24-12-2-3-13-24/h4-11,15H,2-3,12-14H2,1H3,(H,22,23). The third-order valence-corrected chi connectivity index (χ3v) is 6.78. The molecular formula is C21H23N3O2S2. The summed E-state index contributed by atoms with van der Waals surface area (Å²) in [6, 6.07) is 15.3. The van der Waals surface area contributed by atoms with E-state index in [9.17, 15) is 8.42 Å². The summed E-state index contributed by atoms with van der Waals surface area (Å²) in [6.07, 6.45) is 3.83. The number of nitrogens with zero attached hydrogens (tertiary/aromatic N) is 2. The fourth-order valence-electron chi connectivity index (χ4n) is 3.35. The largest absolute Gasteiger partial charge is 0.332 e. The summed E-state index contributed by atoms with van der Waals surface area (Å²) < 4.78 is 23.1. The van der Waals surface area contributed by atoms with Gasteiger partial charge < -0.3 is 5.32 Å². The van der Waals surface area contributed by atoms with Gasteiger partial charge in [-0.25, -0.2) is 13.4 Å². The molecule has 0 atom stereocenters. The highest BCUT2D eigenvalue weighted by Crippen LogP contribution is 2.28. The minimum atomic E-state index is -3.18. The number of rotatable bonds is 6. The number of aromatic nitrogens is 1. The van der Waals surface area contributed by atoms with Crippen LogP contribution in [-0.2, 0) is 16.4 Å². The lowest BCUT2D eigenvalue weighted by Gasteiger charge is -2.14. The van der Waals surface area contributed by atoms with Gasteiger partial charge in [-0.1, -0.05) is 24.3 Å². The Hall–Kier alpha value is -2.22. The quantitative estimate of drug-likeness (QED) is 0.642. The molecular weight excluding hydrogens is 390 g/mol. The van der Waals surface area contributed by atoms with Gasteiger partial charge in [-0.05, 0) is 55.8 Å². The predicted molar refractivity (Wildman–Crippen MR) is 115 cm³/mol. The number of likely N-dealkylation sites (tertiary alicyclic amines) is 1. The fourth-order valence-corrected chi connectivity index (χ4v) is 4.72. The third kappa shape index (κ3) is 4.60. The van der Waals surface area contributed by atoms with E-state index in [1.807, 2.05) is 5.38 Å². The van der Waals surface area contributed by atoms with Crippen LogP contribution in [0.15, 0.2) is 58.8 Å². The Morgan fingerprint density at radius 1 is 1.04 bits per heavy atom.